The van der Waals surface area contributed by atoms with Crippen molar-refractivity contribution in [2.24, 2.45) is 22.0 Å². The second kappa shape index (κ2) is 110. The van der Waals surface area contributed by atoms with Gasteiger partial charge in [-0.3, -0.25) is 24.8 Å². The van der Waals surface area contributed by atoms with Crippen molar-refractivity contribution >= 4 is 62.6 Å². The van der Waals surface area contributed by atoms with Gasteiger partial charge in [-0.05, 0) is 62.1 Å². The second-order valence-corrected chi connectivity index (χ2v) is 18.4. The summed E-state index contributed by atoms with van der Waals surface area (Å²) in [6.07, 6.45) is 20.6. The summed E-state index contributed by atoms with van der Waals surface area (Å²) >= 11 is 6.82. The van der Waals surface area contributed by atoms with Crippen LogP contribution in [0.15, 0.2) is 107 Å². The second-order valence-electron chi connectivity index (χ2n) is 16.8. The number of hydrogen-bond donors (Lipinski definition) is 0. The number of aryl methyl sites for hydroxylation is 4. The van der Waals surface area contributed by atoms with Crippen molar-refractivity contribution < 1.29 is 4.79 Å². The van der Waals surface area contributed by atoms with Gasteiger partial charge in [0.05, 0.1) is 39.3 Å². The van der Waals surface area contributed by atoms with Gasteiger partial charge in [0.1, 0.15) is 18.0 Å². The van der Waals surface area contributed by atoms with Gasteiger partial charge in [0.25, 0.3) is 0 Å². The number of likely N-dealkylation sites (N-methyl/N-ethyl adjacent to an activating group) is 1. The fraction of sp³-hybridized carbons (Fsp3) is 0.679. The van der Waals surface area contributed by atoms with Gasteiger partial charge in [-0.1, -0.05) is 245 Å². The third kappa shape index (κ3) is 86.3. The van der Waals surface area contributed by atoms with Crippen molar-refractivity contribution in [1.29, 1.82) is 0 Å². The van der Waals surface area contributed by atoms with Crippen LogP contribution in [0.25, 0.3) is 11.0 Å². The van der Waals surface area contributed by atoms with E-state index >= 15 is 0 Å². The molecule has 0 bridgehead atoms. The van der Waals surface area contributed by atoms with Crippen LogP contribution in [0.5, 0.6) is 0 Å². The predicted molar refractivity (Wildman–Crippen MR) is 444 cm³/mol. The van der Waals surface area contributed by atoms with E-state index in [0.717, 1.165) is 98.3 Å². The first-order valence-electron chi connectivity index (χ1n) is 36.7. The number of fused-ring (bicyclic) bond motifs is 1. The first kappa shape index (κ1) is 120. The van der Waals surface area contributed by atoms with Crippen molar-refractivity contribution in [2.45, 2.75) is 272 Å². The number of aromatic nitrogens is 7. The summed E-state index contributed by atoms with van der Waals surface area (Å²) in [5.74, 6) is 5.92. The lowest BCUT2D eigenvalue weighted by Gasteiger charge is -2.12. The number of para-hydroxylation sites is 2. The standard InChI is InChI=1S/C10H12N2.C6H12N2.2C6H8N2.C6H14N2.C6H11NS.C5H11NO.C5H11NS.C5H5N.C3H8.10C2H6/c1-3-10-11-8-6-4-5-7-9(8)12(10)2;1-3-6-7-4-5-8(6)2;1-2-6-3-4-7-5-8-6;1-2-6-7-4-3-5-8-6;1-5-6(7-2)8(3)4;1-2-6-7-4-3-5-8-6;2*1-4-5(7)6(2)3;1-2-4-6-5-3-1;1-3-2;10*1-2/h4-7H,3H2,1-2H3;3-5H2,1-2H3;2*3-5H,2H2,1H3;5H2,1-4H3;2-5H2,1H3;2*4H2,1-3H3;1-5H;3H2,1-2H3;10*1-2H3. The van der Waals surface area contributed by atoms with Crippen LogP contribution in [0.3, 0.4) is 0 Å². The largest absolute Gasteiger partial charge is 0.372 e. The van der Waals surface area contributed by atoms with E-state index in [0.29, 0.717) is 6.42 Å². The molecular weight excluding hydrogens is 1210 g/mol. The molecule has 7 rings (SSSR count). The van der Waals surface area contributed by atoms with E-state index in [-0.39, 0.29) is 5.91 Å². The number of amidine groups is 2. The Morgan fingerprint density at radius 2 is 1.03 bits per heavy atom. The molecule has 0 N–H and O–H groups in total. The zero-order valence-electron chi connectivity index (χ0n) is 70.0. The van der Waals surface area contributed by atoms with Gasteiger partial charge in [-0.15, -0.1) is 11.8 Å². The molecule has 0 atom stereocenters. The number of thiocarbonyl (C=S) groups is 1. The Morgan fingerprint density at radius 3 is 1.24 bits per heavy atom. The quantitative estimate of drug-likeness (QED) is 0.0827. The van der Waals surface area contributed by atoms with E-state index in [9.17, 15) is 4.79 Å². The van der Waals surface area contributed by atoms with Crippen LogP contribution in [-0.4, -0.2) is 163 Å². The minimum absolute atomic E-state index is 0.181. The lowest BCUT2D eigenvalue weighted by Crippen LogP contribution is -2.21. The number of benzene rings is 1. The van der Waals surface area contributed by atoms with Crippen molar-refractivity contribution in [3.63, 3.8) is 0 Å². The molecule has 4 aromatic heterocycles. The number of imidazole rings is 1. The van der Waals surface area contributed by atoms with Crippen LogP contribution in [0.1, 0.15) is 270 Å². The van der Waals surface area contributed by atoms with Crippen LogP contribution >= 0.6 is 24.0 Å². The van der Waals surface area contributed by atoms with Gasteiger partial charge >= 0.3 is 0 Å². The van der Waals surface area contributed by atoms with Gasteiger partial charge in [0, 0.05) is 151 Å². The van der Waals surface area contributed by atoms with Gasteiger partial charge < -0.3 is 24.2 Å². The normalized spacial score (nSPS) is 9.80. The molecule has 0 spiro atoms. The number of carbonyl (C=O) groups is 1. The molecule has 0 unspecified atom stereocenters. The molecule has 15 nitrogen and oxygen atoms in total. The molecule has 95 heavy (non-hydrogen) atoms. The monoisotopic (exact) mass is 1370 g/mol. The lowest BCUT2D eigenvalue weighted by atomic mass is 10.3. The molecule has 0 radical (unpaired) electrons. The summed E-state index contributed by atoms with van der Waals surface area (Å²) < 4.78 is 2.15. The van der Waals surface area contributed by atoms with Crippen molar-refractivity contribution in [2.75, 3.05) is 81.8 Å². The predicted octanol–water partition coefficient (Wildman–Crippen LogP) is 22.4. The number of pyridine rings is 1. The molecule has 1 aromatic carbocycles. The number of rotatable bonds is 8. The third-order valence-electron chi connectivity index (χ3n) is 10.0. The summed E-state index contributed by atoms with van der Waals surface area (Å²) in [5, 5.41) is 1.34. The van der Waals surface area contributed by atoms with Gasteiger partial charge in [0.2, 0.25) is 5.91 Å². The molecule has 2 aliphatic rings. The summed E-state index contributed by atoms with van der Waals surface area (Å²) in [7, 11) is 17.4. The molecule has 0 fully saturated rings. The van der Waals surface area contributed by atoms with Gasteiger partial charge in [-0.25, -0.2) is 24.9 Å². The van der Waals surface area contributed by atoms with E-state index in [1.807, 2.05) is 252 Å². The highest BCUT2D eigenvalue weighted by Crippen LogP contribution is 2.15. The fourth-order valence-corrected chi connectivity index (χ4v) is 6.74. The summed E-state index contributed by atoms with van der Waals surface area (Å²) in [5.41, 5.74) is 3.41. The number of aliphatic imine (C=N–C) groups is 3. The lowest BCUT2D eigenvalue weighted by molar-refractivity contribution is -0.128. The minimum Gasteiger partial charge on any atom is -0.372 e. The van der Waals surface area contributed by atoms with Crippen LogP contribution in [-0.2, 0) is 31.1 Å². The van der Waals surface area contributed by atoms with E-state index < -0.39 is 0 Å². The Balaban J connectivity index is -0.0000000699. The van der Waals surface area contributed by atoms with Crippen molar-refractivity contribution in [3.8, 4) is 0 Å². The molecule has 0 saturated heterocycles. The summed E-state index contributed by atoms with van der Waals surface area (Å²) in [6.45, 7) is 64.0. The van der Waals surface area contributed by atoms with Gasteiger partial charge in [-0.2, -0.15) is 0 Å². The minimum atomic E-state index is 0.181. The highest BCUT2D eigenvalue weighted by atomic mass is 32.2. The maximum Gasteiger partial charge on any atom is 0.221 e. The van der Waals surface area contributed by atoms with Crippen LogP contribution in [0.2, 0.25) is 0 Å². The number of nitrogens with zero attached hydrogens (tertiary/aromatic N) is 14. The van der Waals surface area contributed by atoms with E-state index in [1.54, 1.807) is 56.3 Å². The summed E-state index contributed by atoms with van der Waals surface area (Å²) in [6, 6.07) is 17.7. The Labute approximate surface area is 603 Å². The SMILES string of the molecule is CC.CC.CC.CC.CC.CC.CC.CC.CC.CC.CCC.CCC(=NC)N(C)C.CCC(=O)N(C)C.CCC(=S)N(C)C.CCC1=NCCCS1.CCC1=NCCN1C.CCc1ccncn1.CCc1nc2ccccc2n1C.CCc1ncccn1.c1ccncc1. The number of thioether (sulfide) groups is 1. The Bertz CT molecular complexity index is 2100. The zero-order valence-corrected chi connectivity index (χ0v) is 71.7. The molecule has 6 heterocycles. The highest BCUT2D eigenvalue weighted by Gasteiger charge is 2.08. The van der Waals surface area contributed by atoms with Gasteiger partial charge in [0.15, 0.2) is 0 Å². The maximum absolute atomic E-state index is 10.4. The van der Waals surface area contributed by atoms with E-state index in [1.165, 1.54) is 35.0 Å². The topological polar surface area (TPSA) is 149 Å². The Morgan fingerprint density at radius 1 is 0.526 bits per heavy atom. The first-order valence-corrected chi connectivity index (χ1v) is 38.1. The van der Waals surface area contributed by atoms with Crippen LogP contribution in [0.4, 0.5) is 0 Å². The molecule has 2 aliphatic heterocycles. The van der Waals surface area contributed by atoms with Crippen molar-refractivity contribution in [1.82, 2.24) is 54.1 Å². The van der Waals surface area contributed by atoms with Crippen LogP contribution < -0.4 is 0 Å². The van der Waals surface area contributed by atoms with E-state index in [2.05, 4.69) is 136 Å². The smallest absolute Gasteiger partial charge is 0.221 e. The first-order chi connectivity index (χ1) is 46.0. The van der Waals surface area contributed by atoms with Crippen LogP contribution in [0, 0.1) is 0 Å². The molecule has 0 aliphatic carbocycles. The van der Waals surface area contributed by atoms with Crippen molar-refractivity contribution in [3.05, 3.63) is 109 Å². The average Bonchev–Trinajstić information content (AvgIpc) is 1.69. The zero-order chi connectivity index (χ0) is 77.2. The highest BCUT2D eigenvalue weighted by molar-refractivity contribution is 8.14. The Kier molecular flexibility index (Phi) is 138. The maximum atomic E-state index is 10.4. The molecule has 17 heteroatoms. The molecule has 1 amide bonds. The third-order valence-corrected chi connectivity index (χ3v) is 11.9. The van der Waals surface area contributed by atoms with E-state index in [4.69, 9.17) is 12.2 Å². The number of amides is 1. The summed E-state index contributed by atoms with van der Waals surface area (Å²) in [4.78, 5) is 55.9. The number of hydrogen-bond acceptors (Lipinski definition) is 13. The fourth-order valence-electron chi connectivity index (χ4n) is 5.85. The average molecular weight is 1370 g/mol. The molecule has 560 valence electrons. The molecule has 5 aromatic rings. The molecular formula is C78H160N14OS2. The molecule has 0 saturated carbocycles. The number of carbonyl (C=O) groups excluding carboxylic acids is 1. The Hall–Kier alpha value is -5.68.